The van der Waals surface area contributed by atoms with Gasteiger partial charge in [0.15, 0.2) is 0 Å². The summed E-state index contributed by atoms with van der Waals surface area (Å²) in [6.07, 6.45) is 0. The van der Waals surface area contributed by atoms with Crippen molar-refractivity contribution < 1.29 is 18.7 Å². The first-order chi connectivity index (χ1) is 13.1. The second-order valence-corrected chi connectivity index (χ2v) is 6.05. The predicted octanol–water partition coefficient (Wildman–Crippen LogP) is 3.30. The molecule has 1 aromatic heterocycles. The molecule has 3 aromatic rings. The highest BCUT2D eigenvalue weighted by Gasteiger charge is 2.12. The summed E-state index contributed by atoms with van der Waals surface area (Å²) in [4.78, 5) is 28.2. The van der Waals surface area contributed by atoms with Crippen molar-refractivity contribution in [2.45, 2.75) is 0 Å². The van der Waals surface area contributed by atoms with E-state index in [2.05, 4.69) is 21.2 Å². The molecule has 7 nitrogen and oxygen atoms in total. The largest absolute Gasteiger partial charge is 0.495 e. The second kappa shape index (κ2) is 8.28. The molecule has 0 spiro atoms. The third-order valence-corrected chi connectivity index (χ3v) is 4.13. The lowest BCUT2D eigenvalue weighted by molar-refractivity contribution is 0.0957. The third kappa shape index (κ3) is 4.59. The molecule has 0 radical (unpaired) electrons. The van der Waals surface area contributed by atoms with Crippen LogP contribution in [0.1, 0.15) is 20.8 Å². The van der Waals surface area contributed by atoms with Gasteiger partial charge >= 0.3 is 0 Å². The van der Waals surface area contributed by atoms with Crippen LogP contribution in [0.25, 0.3) is 0 Å². The Labute approximate surface area is 158 Å². The molecule has 9 heteroatoms. The van der Waals surface area contributed by atoms with Crippen molar-refractivity contribution in [2.75, 3.05) is 17.9 Å². The summed E-state index contributed by atoms with van der Waals surface area (Å²) in [5.41, 5.74) is 8.34. The van der Waals surface area contributed by atoms with E-state index in [0.29, 0.717) is 28.4 Å². The average molecular weight is 386 g/mol. The van der Waals surface area contributed by atoms with Gasteiger partial charge in [-0.3, -0.25) is 20.4 Å². The lowest BCUT2D eigenvalue weighted by Gasteiger charge is -2.13. The van der Waals surface area contributed by atoms with Crippen molar-refractivity contribution in [1.82, 2.24) is 10.4 Å². The molecule has 0 unspecified atom stereocenters. The fraction of sp³-hybridized carbons (Fsp3) is 0.0556. The average Bonchev–Trinajstić information content (AvgIpc) is 3.21. The van der Waals surface area contributed by atoms with Crippen LogP contribution in [0.5, 0.6) is 5.75 Å². The fourth-order valence-corrected chi connectivity index (χ4v) is 2.73. The normalized spacial score (nSPS) is 10.1. The molecule has 27 heavy (non-hydrogen) atoms. The Kier molecular flexibility index (Phi) is 5.62. The van der Waals surface area contributed by atoms with Gasteiger partial charge < -0.3 is 10.1 Å². The molecule has 0 bridgehead atoms. The van der Waals surface area contributed by atoms with Crippen molar-refractivity contribution in [1.29, 1.82) is 0 Å². The number of nitrogens with zero attached hydrogens (tertiary/aromatic N) is 1. The maximum atomic E-state index is 13.0. The Morgan fingerprint density at radius 1 is 1.11 bits per heavy atom. The molecule has 0 aliphatic rings. The van der Waals surface area contributed by atoms with Crippen molar-refractivity contribution in [3.63, 3.8) is 0 Å². The van der Waals surface area contributed by atoms with Crippen LogP contribution in [0.2, 0.25) is 0 Å². The molecular formula is C18H15FN4O3S. The lowest BCUT2D eigenvalue weighted by Crippen LogP contribution is -2.29. The monoisotopic (exact) mass is 386 g/mol. The Balaban J connectivity index is 1.72. The maximum Gasteiger partial charge on any atom is 0.289 e. The zero-order valence-electron chi connectivity index (χ0n) is 14.2. The van der Waals surface area contributed by atoms with E-state index < -0.39 is 11.7 Å². The number of halogens is 1. The van der Waals surface area contributed by atoms with Crippen molar-refractivity contribution in [3.8, 4) is 5.75 Å². The van der Waals surface area contributed by atoms with Crippen molar-refractivity contribution in [2.24, 2.45) is 0 Å². The fourth-order valence-electron chi connectivity index (χ4n) is 2.20. The molecule has 0 saturated heterocycles. The van der Waals surface area contributed by atoms with E-state index in [9.17, 15) is 14.0 Å². The Morgan fingerprint density at radius 2 is 1.89 bits per heavy atom. The number of carbonyl (C=O) groups excluding carboxylic acids is 2. The van der Waals surface area contributed by atoms with E-state index in [0.717, 1.165) is 0 Å². The quantitative estimate of drug-likeness (QED) is 0.566. The van der Waals surface area contributed by atoms with Gasteiger partial charge in [0.25, 0.3) is 11.8 Å². The highest BCUT2D eigenvalue weighted by Crippen LogP contribution is 2.28. The minimum absolute atomic E-state index is 0.297. The number of nitrogens with one attached hydrogen (secondary N) is 3. The highest BCUT2D eigenvalue weighted by atomic mass is 32.1. The lowest BCUT2D eigenvalue weighted by atomic mass is 10.2. The van der Waals surface area contributed by atoms with Crippen LogP contribution in [0.15, 0.2) is 53.4 Å². The number of benzene rings is 2. The van der Waals surface area contributed by atoms with E-state index in [4.69, 9.17) is 4.74 Å². The van der Waals surface area contributed by atoms with Gasteiger partial charge in [-0.25, -0.2) is 9.37 Å². The van der Waals surface area contributed by atoms with Crippen LogP contribution in [0, 0.1) is 5.82 Å². The zero-order valence-corrected chi connectivity index (χ0v) is 15.0. The van der Waals surface area contributed by atoms with E-state index in [1.165, 1.54) is 42.7 Å². The minimum Gasteiger partial charge on any atom is -0.495 e. The highest BCUT2D eigenvalue weighted by molar-refractivity contribution is 7.07. The molecule has 3 N–H and O–H groups in total. The zero-order chi connectivity index (χ0) is 19.2. The van der Waals surface area contributed by atoms with Gasteiger partial charge in [-0.2, -0.15) is 0 Å². The molecular weight excluding hydrogens is 371 g/mol. The van der Waals surface area contributed by atoms with E-state index >= 15 is 0 Å². The standard InChI is InChI=1S/C18H15FN4O3S/c1-26-16-7-6-13(22-23-18(25)15-9-27-10-20-15)8-14(16)21-17(24)11-2-4-12(19)5-3-11/h2-10,22H,1H3,(H,21,24)(H,23,25). The van der Waals surface area contributed by atoms with Crippen LogP contribution in [0.3, 0.4) is 0 Å². The summed E-state index contributed by atoms with van der Waals surface area (Å²) in [6.45, 7) is 0. The van der Waals surface area contributed by atoms with E-state index in [1.807, 2.05) is 0 Å². The summed E-state index contributed by atoms with van der Waals surface area (Å²) in [5.74, 6) is -0.797. The van der Waals surface area contributed by atoms with Crippen molar-refractivity contribution >= 4 is 34.5 Å². The number of ether oxygens (including phenoxy) is 1. The predicted molar refractivity (Wildman–Crippen MR) is 101 cm³/mol. The van der Waals surface area contributed by atoms with Gasteiger partial charge in [0, 0.05) is 10.9 Å². The molecule has 1 heterocycles. The number of hydrogen-bond donors (Lipinski definition) is 3. The third-order valence-electron chi connectivity index (χ3n) is 3.54. The topological polar surface area (TPSA) is 92.3 Å². The SMILES string of the molecule is COc1ccc(NNC(=O)c2cscn2)cc1NC(=O)c1ccc(F)cc1. The van der Waals surface area contributed by atoms with Gasteiger partial charge in [0.2, 0.25) is 0 Å². The molecule has 3 rings (SSSR count). The number of hydrogen-bond acceptors (Lipinski definition) is 6. The molecule has 0 saturated carbocycles. The summed E-state index contributed by atoms with van der Waals surface area (Å²) in [7, 11) is 1.47. The molecule has 2 amide bonds. The summed E-state index contributed by atoms with van der Waals surface area (Å²) in [6, 6.07) is 10.1. The number of aromatic nitrogens is 1. The van der Waals surface area contributed by atoms with Gasteiger partial charge in [0.05, 0.1) is 24.0 Å². The first-order valence-corrected chi connectivity index (χ1v) is 8.70. The Bertz CT molecular complexity index is 946. The number of carbonyl (C=O) groups is 2. The summed E-state index contributed by atoms with van der Waals surface area (Å²) >= 11 is 1.32. The van der Waals surface area contributed by atoms with Gasteiger partial charge in [0.1, 0.15) is 17.3 Å². The van der Waals surface area contributed by atoms with Crippen LogP contribution in [-0.2, 0) is 0 Å². The first-order valence-electron chi connectivity index (χ1n) is 7.76. The number of amides is 2. The summed E-state index contributed by atoms with van der Waals surface area (Å²) in [5, 5.41) is 4.33. The van der Waals surface area contributed by atoms with Crippen molar-refractivity contribution in [3.05, 3.63) is 70.4 Å². The number of thiazole rings is 1. The van der Waals surface area contributed by atoms with Crippen LogP contribution >= 0.6 is 11.3 Å². The first kappa shape index (κ1) is 18.3. The molecule has 2 aromatic carbocycles. The smallest absolute Gasteiger partial charge is 0.289 e. The number of anilines is 2. The second-order valence-electron chi connectivity index (χ2n) is 5.33. The summed E-state index contributed by atoms with van der Waals surface area (Å²) < 4.78 is 18.2. The Morgan fingerprint density at radius 3 is 2.56 bits per heavy atom. The van der Waals surface area contributed by atoms with Crippen LogP contribution in [0.4, 0.5) is 15.8 Å². The van der Waals surface area contributed by atoms with Crippen LogP contribution < -0.4 is 20.9 Å². The van der Waals surface area contributed by atoms with Gasteiger partial charge in [-0.15, -0.1) is 11.3 Å². The maximum absolute atomic E-state index is 13.0. The van der Waals surface area contributed by atoms with E-state index in [1.54, 1.807) is 29.1 Å². The number of methoxy groups -OCH3 is 1. The molecule has 0 aliphatic carbocycles. The number of hydrazine groups is 1. The van der Waals surface area contributed by atoms with Gasteiger partial charge in [-0.1, -0.05) is 0 Å². The molecule has 0 aliphatic heterocycles. The molecule has 0 atom stereocenters. The van der Waals surface area contributed by atoms with E-state index in [-0.39, 0.29) is 5.91 Å². The molecule has 138 valence electrons. The number of rotatable bonds is 6. The minimum atomic E-state index is -0.425. The Hall–Kier alpha value is -3.46. The van der Waals surface area contributed by atoms with Crippen LogP contribution in [-0.4, -0.2) is 23.9 Å². The molecule has 0 fully saturated rings. The van der Waals surface area contributed by atoms with Gasteiger partial charge in [-0.05, 0) is 42.5 Å².